The third-order valence-corrected chi connectivity index (χ3v) is 4.27. The second-order valence-electron chi connectivity index (χ2n) is 6.40. The van der Waals surface area contributed by atoms with Gasteiger partial charge >= 0.3 is 0 Å². The smallest absolute Gasteiger partial charge is 0.225 e. The number of benzene rings is 2. The lowest BCUT2D eigenvalue weighted by atomic mass is 10.1. The first-order valence-corrected chi connectivity index (χ1v) is 9.24. The first-order chi connectivity index (χ1) is 13.2. The van der Waals surface area contributed by atoms with Gasteiger partial charge in [0.1, 0.15) is 11.6 Å². The molecule has 2 N–H and O–H groups in total. The van der Waals surface area contributed by atoms with Gasteiger partial charge in [-0.05, 0) is 31.4 Å². The summed E-state index contributed by atoms with van der Waals surface area (Å²) >= 11 is 0. The first-order valence-electron chi connectivity index (χ1n) is 9.24. The van der Waals surface area contributed by atoms with Crippen LogP contribution in [0.2, 0.25) is 0 Å². The van der Waals surface area contributed by atoms with Gasteiger partial charge in [-0.25, -0.2) is 4.98 Å². The fourth-order valence-corrected chi connectivity index (χ4v) is 2.92. The number of aromatic nitrogens is 2. The molecule has 0 amide bonds. The fraction of sp³-hybridized carbons (Fsp3) is 0.273. The van der Waals surface area contributed by atoms with E-state index in [4.69, 9.17) is 4.74 Å². The number of aryl methyl sites for hydroxylation is 2. The number of hydrogen-bond acceptors (Lipinski definition) is 5. The molecule has 0 aliphatic carbocycles. The van der Waals surface area contributed by atoms with E-state index in [1.807, 2.05) is 43.3 Å². The Morgan fingerprint density at radius 1 is 0.926 bits per heavy atom. The van der Waals surface area contributed by atoms with Gasteiger partial charge in [-0.15, -0.1) is 0 Å². The molecule has 2 aromatic carbocycles. The Morgan fingerprint density at radius 2 is 1.70 bits per heavy atom. The predicted octanol–water partition coefficient (Wildman–Crippen LogP) is 4.45. The molecule has 0 fully saturated rings. The summed E-state index contributed by atoms with van der Waals surface area (Å²) in [6.45, 7) is 3.46. The van der Waals surface area contributed by atoms with E-state index in [9.17, 15) is 0 Å². The molecule has 0 saturated carbocycles. The lowest BCUT2D eigenvalue weighted by Crippen LogP contribution is -2.09. The van der Waals surface area contributed by atoms with E-state index in [0.29, 0.717) is 12.5 Å². The molecule has 1 aromatic heterocycles. The monoisotopic (exact) mass is 362 g/mol. The maximum absolute atomic E-state index is 5.39. The summed E-state index contributed by atoms with van der Waals surface area (Å²) in [6, 6.07) is 20.4. The van der Waals surface area contributed by atoms with Gasteiger partial charge in [0.2, 0.25) is 5.95 Å². The zero-order chi connectivity index (χ0) is 18.9. The number of methoxy groups -OCH3 is 1. The Kier molecular flexibility index (Phi) is 6.63. The molecule has 0 spiro atoms. The number of rotatable bonds is 9. The Morgan fingerprint density at radius 3 is 2.52 bits per heavy atom. The van der Waals surface area contributed by atoms with Crippen LogP contribution in [0.3, 0.4) is 0 Å². The standard InChI is InChI=1S/C22H26N4O/c1-17-15-21(23-14-8-11-18-9-4-3-5-10-18)26-22(25-17)24-16-19-12-6-7-13-20(19)27-2/h3-7,9-10,12-13,15H,8,11,14,16H2,1-2H3,(H2,23,24,25,26). The molecule has 0 atom stereocenters. The average Bonchev–Trinajstić information content (AvgIpc) is 2.70. The quantitative estimate of drug-likeness (QED) is 0.551. The summed E-state index contributed by atoms with van der Waals surface area (Å²) in [6.07, 6.45) is 2.11. The largest absolute Gasteiger partial charge is 0.496 e. The van der Waals surface area contributed by atoms with Crippen LogP contribution in [0.5, 0.6) is 5.75 Å². The van der Waals surface area contributed by atoms with E-state index in [2.05, 4.69) is 44.9 Å². The maximum atomic E-state index is 5.39. The van der Waals surface area contributed by atoms with Gasteiger partial charge < -0.3 is 15.4 Å². The van der Waals surface area contributed by atoms with Crippen molar-refractivity contribution in [1.82, 2.24) is 9.97 Å². The van der Waals surface area contributed by atoms with Crippen molar-refractivity contribution < 1.29 is 4.74 Å². The molecule has 0 aliphatic heterocycles. The molecule has 0 saturated heterocycles. The SMILES string of the molecule is COc1ccccc1CNc1nc(C)cc(NCCCc2ccccc2)n1. The van der Waals surface area contributed by atoms with Gasteiger partial charge in [0.25, 0.3) is 0 Å². The lowest BCUT2D eigenvalue weighted by Gasteiger charge is -2.12. The van der Waals surface area contributed by atoms with Crippen LogP contribution in [-0.4, -0.2) is 23.6 Å². The number of nitrogens with zero attached hydrogens (tertiary/aromatic N) is 2. The second kappa shape index (κ2) is 9.57. The molecule has 0 bridgehead atoms. The van der Waals surface area contributed by atoms with Gasteiger partial charge in [-0.3, -0.25) is 0 Å². The molecule has 140 valence electrons. The van der Waals surface area contributed by atoms with Crippen molar-refractivity contribution in [3.63, 3.8) is 0 Å². The van der Waals surface area contributed by atoms with Gasteiger partial charge in [-0.2, -0.15) is 4.98 Å². The van der Waals surface area contributed by atoms with Crippen LogP contribution < -0.4 is 15.4 Å². The van der Waals surface area contributed by atoms with Crippen LogP contribution in [0.4, 0.5) is 11.8 Å². The highest BCUT2D eigenvalue weighted by atomic mass is 16.5. The molecule has 3 aromatic rings. The Balaban J connectivity index is 1.54. The van der Waals surface area contributed by atoms with Crippen molar-refractivity contribution in [2.45, 2.75) is 26.3 Å². The molecule has 0 unspecified atom stereocenters. The highest BCUT2D eigenvalue weighted by Gasteiger charge is 2.05. The minimum Gasteiger partial charge on any atom is -0.496 e. The van der Waals surface area contributed by atoms with Crippen molar-refractivity contribution in [1.29, 1.82) is 0 Å². The normalized spacial score (nSPS) is 10.4. The predicted molar refractivity (Wildman–Crippen MR) is 110 cm³/mol. The Hall–Kier alpha value is -3.08. The first kappa shape index (κ1) is 18.7. The Labute approximate surface area is 160 Å². The van der Waals surface area contributed by atoms with Crippen molar-refractivity contribution in [3.05, 3.63) is 77.5 Å². The molecule has 5 heteroatoms. The number of para-hydroxylation sites is 1. The number of anilines is 2. The lowest BCUT2D eigenvalue weighted by molar-refractivity contribution is 0.410. The second-order valence-corrected chi connectivity index (χ2v) is 6.40. The topological polar surface area (TPSA) is 59.1 Å². The van der Waals surface area contributed by atoms with E-state index in [-0.39, 0.29) is 0 Å². The van der Waals surface area contributed by atoms with Gasteiger partial charge in [-0.1, -0.05) is 48.5 Å². The van der Waals surface area contributed by atoms with Crippen LogP contribution in [-0.2, 0) is 13.0 Å². The third kappa shape index (κ3) is 5.71. The number of hydrogen-bond donors (Lipinski definition) is 2. The number of nitrogens with one attached hydrogen (secondary N) is 2. The van der Waals surface area contributed by atoms with Crippen molar-refractivity contribution in [2.75, 3.05) is 24.3 Å². The zero-order valence-electron chi connectivity index (χ0n) is 15.9. The summed E-state index contributed by atoms with van der Waals surface area (Å²) in [7, 11) is 1.68. The van der Waals surface area contributed by atoms with Crippen LogP contribution in [0.25, 0.3) is 0 Å². The molecular formula is C22H26N4O. The van der Waals surface area contributed by atoms with Gasteiger partial charge in [0, 0.05) is 30.4 Å². The summed E-state index contributed by atoms with van der Waals surface area (Å²) in [5.74, 6) is 2.32. The van der Waals surface area contributed by atoms with Crippen molar-refractivity contribution in [3.8, 4) is 5.75 Å². The highest BCUT2D eigenvalue weighted by molar-refractivity contribution is 5.43. The zero-order valence-corrected chi connectivity index (χ0v) is 15.9. The number of ether oxygens (including phenoxy) is 1. The summed E-state index contributed by atoms with van der Waals surface area (Å²) in [5.41, 5.74) is 3.36. The molecular weight excluding hydrogens is 336 g/mol. The molecule has 0 radical (unpaired) electrons. The molecule has 0 aliphatic rings. The molecule has 5 nitrogen and oxygen atoms in total. The molecule has 27 heavy (non-hydrogen) atoms. The third-order valence-electron chi connectivity index (χ3n) is 4.27. The fourth-order valence-electron chi connectivity index (χ4n) is 2.92. The summed E-state index contributed by atoms with van der Waals surface area (Å²) < 4.78 is 5.39. The average molecular weight is 362 g/mol. The van der Waals surface area contributed by atoms with Crippen LogP contribution in [0.1, 0.15) is 23.2 Å². The van der Waals surface area contributed by atoms with E-state index in [0.717, 1.165) is 42.2 Å². The van der Waals surface area contributed by atoms with Gasteiger partial charge in [0.05, 0.1) is 7.11 Å². The minimum atomic E-state index is 0.612. The molecule has 1 heterocycles. The summed E-state index contributed by atoms with van der Waals surface area (Å²) in [5, 5.41) is 6.69. The summed E-state index contributed by atoms with van der Waals surface area (Å²) in [4.78, 5) is 9.05. The van der Waals surface area contributed by atoms with Crippen molar-refractivity contribution >= 4 is 11.8 Å². The van der Waals surface area contributed by atoms with Crippen LogP contribution >= 0.6 is 0 Å². The van der Waals surface area contributed by atoms with Crippen LogP contribution in [0, 0.1) is 6.92 Å². The van der Waals surface area contributed by atoms with E-state index < -0.39 is 0 Å². The maximum Gasteiger partial charge on any atom is 0.225 e. The van der Waals surface area contributed by atoms with E-state index in [1.54, 1.807) is 7.11 Å². The van der Waals surface area contributed by atoms with E-state index in [1.165, 1.54) is 5.56 Å². The molecule has 3 rings (SSSR count). The van der Waals surface area contributed by atoms with Gasteiger partial charge in [0.15, 0.2) is 0 Å². The van der Waals surface area contributed by atoms with Crippen LogP contribution in [0.15, 0.2) is 60.7 Å². The minimum absolute atomic E-state index is 0.612. The van der Waals surface area contributed by atoms with Crippen molar-refractivity contribution in [2.24, 2.45) is 0 Å². The van der Waals surface area contributed by atoms with E-state index >= 15 is 0 Å². The Bertz CT molecular complexity index is 852. The highest BCUT2D eigenvalue weighted by Crippen LogP contribution is 2.18.